The number of hydroxylamine groups is 4. The van der Waals surface area contributed by atoms with Crippen LogP contribution >= 0.6 is 0 Å². The second-order valence-corrected chi connectivity index (χ2v) is 10.4. The molecule has 0 aromatic carbocycles. The SMILES string of the molecule is O=C(CCN(C(=O)CCN1C(=O)C=CC1=O)N(CCC(=O)ON1C(=O)CCC1=O)C(=O)CCN1C(=O)C=CC1=O)ON1COCCC1=O. The van der Waals surface area contributed by atoms with E-state index in [1.807, 2.05) is 0 Å². The van der Waals surface area contributed by atoms with Gasteiger partial charge in [-0.05, 0) is 0 Å². The van der Waals surface area contributed by atoms with Crippen LogP contribution in [0.2, 0.25) is 0 Å². The van der Waals surface area contributed by atoms with Crippen LogP contribution in [0.25, 0.3) is 0 Å². The van der Waals surface area contributed by atoms with Crippen molar-refractivity contribution >= 4 is 65.1 Å². The average molecular weight is 675 g/mol. The topological polar surface area (TPSA) is 235 Å². The molecule has 0 saturated carbocycles. The molecule has 0 unspecified atom stereocenters. The minimum Gasteiger partial charge on any atom is -0.357 e. The Labute approximate surface area is 271 Å². The van der Waals surface area contributed by atoms with Gasteiger partial charge in [0.1, 0.15) is 0 Å². The number of hydrogen-bond acceptors (Lipinski definition) is 14. The fourth-order valence-electron chi connectivity index (χ4n) is 4.69. The Balaban J connectivity index is 1.52. The molecule has 20 heteroatoms. The van der Waals surface area contributed by atoms with Crippen molar-refractivity contribution in [3.05, 3.63) is 24.3 Å². The van der Waals surface area contributed by atoms with Crippen molar-refractivity contribution in [3.63, 3.8) is 0 Å². The number of carbonyl (C=O) groups is 11. The van der Waals surface area contributed by atoms with Gasteiger partial charge < -0.3 is 14.4 Å². The summed E-state index contributed by atoms with van der Waals surface area (Å²) in [7, 11) is 0. The van der Waals surface area contributed by atoms with Crippen LogP contribution in [0.1, 0.15) is 44.9 Å². The molecule has 2 saturated heterocycles. The van der Waals surface area contributed by atoms with E-state index in [0.29, 0.717) is 5.06 Å². The van der Waals surface area contributed by atoms with E-state index in [-0.39, 0.29) is 37.7 Å². The summed E-state index contributed by atoms with van der Waals surface area (Å²) in [6.07, 6.45) is 1.18. The third-order valence-corrected chi connectivity index (χ3v) is 7.18. The summed E-state index contributed by atoms with van der Waals surface area (Å²) >= 11 is 0. The Kier molecular flexibility index (Phi) is 11.4. The van der Waals surface area contributed by atoms with Crippen molar-refractivity contribution in [1.29, 1.82) is 0 Å². The van der Waals surface area contributed by atoms with Gasteiger partial charge in [0.2, 0.25) is 11.8 Å². The molecule has 0 N–H and O–H groups in total. The molecule has 256 valence electrons. The zero-order valence-electron chi connectivity index (χ0n) is 25.4. The van der Waals surface area contributed by atoms with E-state index in [4.69, 9.17) is 14.4 Å². The van der Waals surface area contributed by atoms with Crippen molar-refractivity contribution in [2.45, 2.75) is 44.9 Å². The second-order valence-electron chi connectivity index (χ2n) is 10.4. The summed E-state index contributed by atoms with van der Waals surface area (Å²) < 4.78 is 5.08. The van der Waals surface area contributed by atoms with Crippen LogP contribution in [0.3, 0.4) is 0 Å². The smallest absolute Gasteiger partial charge is 0.335 e. The molecule has 0 aromatic heterocycles. The highest BCUT2D eigenvalue weighted by Crippen LogP contribution is 2.16. The van der Waals surface area contributed by atoms with Gasteiger partial charge in [-0.2, -0.15) is 0 Å². The summed E-state index contributed by atoms with van der Waals surface area (Å²) in [5, 5.41) is 2.45. The van der Waals surface area contributed by atoms with Crippen LogP contribution in [0, 0.1) is 0 Å². The highest BCUT2D eigenvalue weighted by Gasteiger charge is 2.35. The minimum atomic E-state index is -1.14. The molecule has 0 radical (unpaired) electrons. The molecular formula is C28H30N6O14. The lowest BCUT2D eigenvalue weighted by molar-refractivity contribution is -0.226. The molecular weight excluding hydrogens is 644 g/mol. The Bertz CT molecular complexity index is 1450. The molecule has 20 nitrogen and oxygen atoms in total. The van der Waals surface area contributed by atoms with Crippen LogP contribution in [-0.4, -0.2) is 135 Å². The number of nitrogens with zero attached hydrogens (tertiary/aromatic N) is 6. The molecule has 4 aliphatic rings. The lowest BCUT2D eigenvalue weighted by Crippen LogP contribution is -2.53. The number of hydrazine groups is 1. The van der Waals surface area contributed by atoms with Gasteiger partial charge in [-0.25, -0.2) is 9.59 Å². The molecule has 0 aliphatic carbocycles. The van der Waals surface area contributed by atoms with E-state index in [1.54, 1.807) is 0 Å². The standard InChI is InChI=1S/C28H30N6O14/c35-18-1-2-19(36)29(18)12-7-22(39)31(14-9-27(44)47-33-17-46-16-11-24(33)41)32(23(40)8-13-30-20(37)3-4-21(30)38)15-10-28(45)48-34-25(42)5-6-26(34)43/h1-4H,5-17H2. The van der Waals surface area contributed by atoms with Crippen LogP contribution in [0.4, 0.5) is 0 Å². The van der Waals surface area contributed by atoms with E-state index >= 15 is 0 Å². The highest BCUT2D eigenvalue weighted by atomic mass is 16.7. The first-order chi connectivity index (χ1) is 22.8. The molecule has 0 atom stereocenters. The van der Waals surface area contributed by atoms with Crippen LogP contribution in [-0.2, 0) is 67.2 Å². The van der Waals surface area contributed by atoms with Crippen molar-refractivity contribution in [2.24, 2.45) is 0 Å². The van der Waals surface area contributed by atoms with E-state index < -0.39 is 117 Å². The number of amides is 9. The van der Waals surface area contributed by atoms with Gasteiger partial charge in [-0.1, -0.05) is 0 Å². The Morgan fingerprint density at radius 3 is 1.48 bits per heavy atom. The molecule has 48 heavy (non-hydrogen) atoms. The van der Waals surface area contributed by atoms with Crippen molar-refractivity contribution < 1.29 is 67.2 Å². The van der Waals surface area contributed by atoms with E-state index in [0.717, 1.165) is 44.1 Å². The predicted octanol–water partition coefficient (Wildman–Crippen LogP) is -2.76. The molecule has 4 aliphatic heterocycles. The second kappa shape index (κ2) is 15.7. The largest absolute Gasteiger partial charge is 0.357 e. The zero-order valence-corrected chi connectivity index (χ0v) is 25.4. The van der Waals surface area contributed by atoms with Crippen LogP contribution < -0.4 is 0 Å². The first kappa shape index (κ1) is 35.1. The molecule has 0 aromatic rings. The van der Waals surface area contributed by atoms with Crippen molar-refractivity contribution in [2.75, 3.05) is 39.5 Å². The summed E-state index contributed by atoms with van der Waals surface area (Å²) in [6.45, 7) is -2.28. The van der Waals surface area contributed by atoms with Gasteiger partial charge in [-0.15, -0.1) is 10.1 Å². The van der Waals surface area contributed by atoms with E-state index in [1.165, 1.54) is 0 Å². The molecule has 2 fully saturated rings. The lowest BCUT2D eigenvalue weighted by Gasteiger charge is -2.35. The minimum absolute atomic E-state index is 0.0504. The van der Waals surface area contributed by atoms with Gasteiger partial charge in [0, 0.05) is 63.1 Å². The third kappa shape index (κ3) is 8.72. The molecule has 4 heterocycles. The van der Waals surface area contributed by atoms with Gasteiger partial charge in [0.15, 0.2) is 6.73 Å². The normalized spacial score (nSPS) is 17.6. The number of ether oxygens (including phenoxy) is 1. The fraction of sp³-hybridized carbons (Fsp3) is 0.464. The summed E-state index contributed by atoms with van der Waals surface area (Å²) in [5.74, 6) is -8.80. The Hall–Kier alpha value is -5.79. The van der Waals surface area contributed by atoms with Crippen molar-refractivity contribution in [1.82, 2.24) is 29.9 Å². The number of imide groups is 3. The maximum absolute atomic E-state index is 13.6. The van der Waals surface area contributed by atoms with Crippen LogP contribution in [0.5, 0.6) is 0 Å². The summed E-state index contributed by atoms with van der Waals surface area (Å²) in [6, 6.07) is 0. The van der Waals surface area contributed by atoms with Gasteiger partial charge >= 0.3 is 11.9 Å². The van der Waals surface area contributed by atoms with E-state index in [2.05, 4.69) is 0 Å². The van der Waals surface area contributed by atoms with Gasteiger partial charge in [-0.3, -0.25) is 63.0 Å². The highest BCUT2D eigenvalue weighted by molar-refractivity contribution is 6.13. The maximum Gasteiger partial charge on any atom is 0.335 e. The van der Waals surface area contributed by atoms with Gasteiger partial charge in [0.05, 0.1) is 39.0 Å². The third-order valence-electron chi connectivity index (χ3n) is 7.18. The fourth-order valence-corrected chi connectivity index (χ4v) is 4.69. The number of hydrogen-bond donors (Lipinski definition) is 0. The number of rotatable bonds is 14. The average Bonchev–Trinajstić information content (AvgIpc) is 3.67. The van der Waals surface area contributed by atoms with Crippen molar-refractivity contribution in [3.8, 4) is 0 Å². The first-order valence-electron chi connectivity index (χ1n) is 14.7. The molecule has 0 bridgehead atoms. The van der Waals surface area contributed by atoms with Crippen LogP contribution in [0.15, 0.2) is 24.3 Å². The lowest BCUT2D eigenvalue weighted by atomic mass is 10.3. The Morgan fingerprint density at radius 2 is 1.04 bits per heavy atom. The van der Waals surface area contributed by atoms with E-state index in [9.17, 15) is 52.7 Å². The van der Waals surface area contributed by atoms with Gasteiger partial charge in [0.25, 0.3) is 41.4 Å². The quantitative estimate of drug-likeness (QED) is 0.134. The number of carbonyl (C=O) groups excluding carboxylic acids is 11. The zero-order chi connectivity index (χ0) is 35.0. The first-order valence-corrected chi connectivity index (χ1v) is 14.7. The predicted molar refractivity (Wildman–Crippen MR) is 149 cm³/mol. The Morgan fingerprint density at radius 1 is 0.604 bits per heavy atom. The molecule has 0 spiro atoms. The maximum atomic E-state index is 13.6. The monoisotopic (exact) mass is 674 g/mol. The summed E-state index contributed by atoms with van der Waals surface area (Å²) in [5.41, 5.74) is 0. The molecule has 4 rings (SSSR count). The summed E-state index contributed by atoms with van der Waals surface area (Å²) in [4.78, 5) is 148. The molecule has 9 amide bonds.